The summed E-state index contributed by atoms with van der Waals surface area (Å²) in [6.07, 6.45) is 4.66. The second-order valence-corrected chi connectivity index (χ2v) is 4.97. The zero-order valence-corrected chi connectivity index (χ0v) is 10.6. The van der Waals surface area contributed by atoms with Crippen LogP contribution in [0.1, 0.15) is 32.1 Å². The van der Waals surface area contributed by atoms with Crippen molar-refractivity contribution in [2.24, 2.45) is 0 Å². The summed E-state index contributed by atoms with van der Waals surface area (Å²) in [4.78, 5) is 0. The Morgan fingerprint density at radius 1 is 1.17 bits per heavy atom. The number of unbranched alkanes of at least 4 members (excludes halogenated alkanes) is 3. The van der Waals surface area contributed by atoms with Crippen molar-refractivity contribution < 1.29 is 25.8 Å². The first kappa shape index (κ1) is 17.0. The van der Waals surface area contributed by atoms with Crippen LogP contribution in [0.25, 0.3) is 0 Å². The van der Waals surface area contributed by atoms with E-state index in [1.165, 1.54) is 0 Å². The van der Waals surface area contributed by atoms with Gasteiger partial charge in [0, 0.05) is 12.8 Å². The average molecular weight is 284 g/mol. The predicted molar refractivity (Wildman–Crippen MR) is 62.0 cm³/mol. The molecule has 0 fully saturated rings. The summed E-state index contributed by atoms with van der Waals surface area (Å²) >= 11 is 0. The number of hydrogen-bond donors (Lipinski definition) is 0. The van der Waals surface area contributed by atoms with Gasteiger partial charge < -0.3 is 0 Å². The van der Waals surface area contributed by atoms with Crippen molar-refractivity contribution in [3.05, 3.63) is 12.7 Å². The molecule has 0 bridgehead atoms. The maximum atomic E-state index is 11.8. The molecule has 0 rings (SSSR count). The molecule has 7 heteroatoms. The van der Waals surface area contributed by atoms with Crippen molar-refractivity contribution >= 4 is 10.1 Å². The standard InChI is InChI=1S/C11H15F3O3S/c1-2-3-4-5-6-7-8-9-10-17-18(15,16)11(12,13)14/h2H,1,3-5,8-10H2. The summed E-state index contributed by atoms with van der Waals surface area (Å²) in [6, 6.07) is 0. The van der Waals surface area contributed by atoms with Crippen LogP contribution < -0.4 is 0 Å². The van der Waals surface area contributed by atoms with Gasteiger partial charge in [-0.3, -0.25) is 4.18 Å². The minimum atomic E-state index is -5.46. The molecule has 104 valence electrons. The quantitative estimate of drug-likeness (QED) is 0.237. The van der Waals surface area contributed by atoms with E-state index in [9.17, 15) is 21.6 Å². The second-order valence-electron chi connectivity index (χ2n) is 3.36. The minimum absolute atomic E-state index is 0.143. The lowest BCUT2D eigenvalue weighted by molar-refractivity contribution is -0.0542. The predicted octanol–water partition coefficient (Wildman–Crippen LogP) is 2.99. The number of allylic oxidation sites excluding steroid dienone is 1. The smallest absolute Gasteiger partial charge is 0.263 e. The van der Waals surface area contributed by atoms with E-state index in [1.807, 2.05) is 0 Å². The van der Waals surface area contributed by atoms with E-state index in [2.05, 4.69) is 22.6 Å². The molecule has 0 N–H and O–H groups in total. The Morgan fingerprint density at radius 2 is 1.72 bits per heavy atom. The van der Waals surface area contributed by atoms with Crippen LogP contribution in [0.4, 0.5) is 13.2 Å². The molecule has 3 nitrogen and oxygen atoms in total. The first-order chi connectivity index (χ1) is 8.31. The van der Waals surface area contributed by atoms with E-state index in [-0.39, 0.29) is 6.42 Å². The molecule has 0 spiro atoms. The van der Waals surface area contributed by atoms with Crippen molar-refractivity contribution in [2.75, 3.05) is 6.61 Å². The third kappa shape index (κ3) is 7.35. The first-order valence-corrected chi connectivity index (χ1v) is 6.74. The lowest BCUT2D eigenvalue weighted by Crippen LogP contribution is -2.25. The Bertz CT molecular complexity index is 401. The molecule has 0 aromatic rings. The van der Waals surface area contributed by atoms with Crippen molar-refractivity contribution in [2.45, 2.75) is 37.6 Å². The van der Waals surface area contributed by atoms with Crippen molar-refractivity contribution in [3.8, 4) is 11.8 Å². The minimum Gasteiger partial charge on any atom is -0.263 e. The van der Waals surface area contributed by atoms with Crippen LogP contribution in [0, 0.1) is 11.8 Å². The highest BCUT2D eigenvalue weighted by molar-refractivity contribution is 7.87. The van der Waals surface area contributed by atoms with Gasteiger partial charge >= 0.3 is 15.6 Å². The topological polar surface area (TPSA) is 43.4 Å². The summed E-state index contributed by atoms with van der Waals surface area (Å²) in [7, 11) is -5.46. The van der Waals surface area contributed by atoms with Gasteiger partial charge in [-0.25, -0.2) is 0 Å². The Balaban J connectivity index is 3.72. The lowest BCUT2D eigenvalue weighted by atomic mass is 10.2. The lowest BCUT2D eigenvalue weighted by Gasteiger charge is -2.06. The highest BCUT2D eigenvalue weighted by Crippen LogP contribution is 2.24. The normalized spacial score (nSPS) is 11.7. The summed E-state index contributed by atoms with van der Waals surface area (Å²) in [5, 5.41) is 0. The van der Waals surface area contributed by atoms with Crippen LogP contribution >= 0.6 is 0 Å². The van der Waals surface area contributed by atoms with Crippen LogP contribution in [0.5, 0.6) is 0 Å². The number of hydrogen-bond acceptors (Lipinski definition) is 3. The highest BCUT2D eigenvalue weighted by atomic mass is 32.2. The fourth-order valence-electron chi connectivity index (χ4n) is 0.908. The maximum Gasteiger partial charge on any atom is 0.523 e. The first-order valence-electron chi connectivity index (χ1n) is 5.33. The molecule has 0 heterocycles. The largest absolute Gasteiger partial charge is 0.523 e. The Hall–Kier alpha value is -1.00. The molecule has 0 radical (unpaired) electrons. The van der Waals surface area contributed by atoms with Crippen LogP contribution in [-0.4, -0.2) is 20.5 Å². The molecule has 0 saturated heterocycles. The molecule has 0 amide bonds. The van der Waals surface area contributed by atoms with E-state index in [1.54, 1.807) is 6.08 Å². The summed E-state index contributed by atoms with van der Waals surface area (Å²) in [6.45, 7) is 3.04. The van der Waals surface area contributed by atoms with Gasteiger partial charge in [0.2, 0.25) is 0 Å². The van der Waals surface area contributed by atoms with Crippen LogP contribution in [0.2, 0.25) is 0 Å². The van der Waals surface area contributed by atoms with Gasteiger partial charge in [-0.1, -0.05) is 6.08 Å². The number of alkyl halides is 3. The molecular weight excluding hydrogens is 269 g/mol. The zero-order valence-electron chi connectivity index (χ0n) is 9.79. The fraction of sp³-hybridized carbons (Fsp3) is 0.636. The zero-order chi connectivity index (χ0) is 14.1. The van der Waals surface area contributed by atoms with Crippen LogP contribution in [-0.2, 0) is 14.3 Å². The molecule has 0 aliphatic carbocycles. The van der Waals surface area contributed by atoms with Crippen molar-refractivity contribution in [1.29, 1.82) is 0 Å². The van der Waals surface area contributed by atoms with Crippen molar-refractivity contribution in [1.82, 2.24) is 0 Å². The van der Waals surface area contributed by atoms with Gasteiger partial charge in [0.05, 0.1) is 6.61 Å². The SMILES string of the molecule is C=CCCCC#CCCCOS(=O)(=O)C(F)(F)F. The molecule has 18 heavy (non-hydrogen) atoms. The summed E-state index contributed by atoms with van der Waals surface area (Å²) in [5.41, 5.74) is -5.36. The highest BCUT2D eigenvalue weighted by Gasteiger charge is 2.47. The van der Waals surface area contributed by atoms with E-state index < -0.39 is 22.2 Å². The monoisotopic (exact) mass is 284 g/mol. The molecule has 0 aliphatic rings. The van der Waals surface area contributed by atoms with E-state index in [4.69, 9.17) is 0 Å². The van der Waals surface area contributed by atoms with E-state index >= 15 is 0 Å². The van der Waals surface area contributed by atoms with E-state index in [0.29, 0.717) is 12.8 Å². The third-order valence-electron chi connectivity index (χ3n) is 1.80. The fourth-order valence-corrected chi connectivity index (χ4v) is 1.38. The molecule has 0 aromatic carbocycles. The van der Waals surface area contributed by atoms with Gasteiger partial charge in [-0.2, -0.15) is 21.6 Å². The van der Waals surface area contributed by atoms with Gasteiger partial charge in [0.25, 0.3) is 0 Å². The Morgan fingerprint density at radius 3 is 2.22 bits per heavy atom. The van der Waals surface area contributed by atoms with Crippen LogP contribution in [0.3, 0.4) is 0 Å². The van der Waals surface area contributed by atoms with Gasteiger partial charge in [0.15, 0.2) is 0 Å². The summed E-state index contributed by atoms with van der Waals surface area (Å²) in [5.74, 6) is 5.55. The van der Waals surface area contributed by atoms with Gasteiger partial charge in [0.1, 0.15) is 0 Å². The van der Waals surface area contributed by atoms with E-state index in [0.717, 1.165) is 12.8 Å². The molecular formula is C11H15F3O3S. The molecule has 0 aromatic heterocycles. The average Bonchev–Trinajstić information content (AvgIpc) is 2.25. The Labute approximate surface area is 105 Å². The van der Waals surface area contributed by atoms with Gasteiger partial charge in [-0.15, -0.1) is 18.4 Å². The van der Waals surface area contributed by atoms with Gasteiger partial charge in [-0.05, 0) is 19.3 Å². The molecule has 0 unspecified atom stereocenters. The molecule has 0 aliphatic heterocycles. The molecule has 0 saturated carbocycles. The number of halogens is 3. The van der Waals surface area contributed by atoms with Crippen molar-refractivity contribution in [3.63, 3.8) is 0 Å². The second kappa shape index (κ2) is 8.16. The molecule has 0 atom stereocenters. The van der Waals surface area contributed by atoms with Crippen LogP contribution in [0.15, 0.2) is 12.7 Å². The summed E-state index contributed by atoms with van der Waals surface area (Å²) < 4.78 is 60.2. The maximum absolute atomic E-state index is 11.8. The Kier molecular flexibility index (Phi) is 7.71. The number of rotatable bonds is 7. The third-order valence-corrected chi connectivity index (χ3v) is 2.85.